The monoisotopic (exact) mass is 303 g/mol. The lowest BCUT2D eigenvalue weighted by molar-refractivity contribution is -0.131. The summed E-state index contributed by atoms with van der Waals surface area (Å²) in [7, 11) is 0. The van der Waals surface area contributed by atoms with Gasteiger partial charge in [0.25, 0.3) is 0 Å². The van der Waals surface area contributed by atoms with Gasteiger partial charge >= 0.3 is 0 Å². The number of hydrogen-bond acceptors (Lipinski definition) is 4. The Balaban J connectivity index is 1.69. The van der Waals surface area contributed by atoms with Crippen molar-refractivity contribution >= 4 is 5.91 Å². The van der Waals surface area contributed by atoms with Crippen molar-refractivity contribution < 1.29 is 9.32 Å². The van der Waals surface area contributed by atoms with E-state index >= 15 is 0 Å². The number of amides is 1. The normalized spacial score (nSPS) is 22.2. The number of hydrogen-bond donors (Lipinski definition) is 0. The number of likely N-dealkylation sites (tertiary alicyclic amines) is 1. The summed E-state index contributed by atoms with van der Waals surface area (Å²) in [5.41, 5.74) is 1.30. The minimum atomic E-state index is -0.00654. The van der Waals surface area contributed by atoms with Crippen LogP contribution in [-0.2, 0) is 4.79 Å². The van der Waals surface area contributed by atoms with E-state index in [1.165, 1.54) is 18.4 Å². The van der Waals surface area contributed by atoms with Crippen molar-refractivity contribution in [3.8, 4) is 0 Å². The molecule has 0 N–H and O–H groups in total. The molecule has 1 atom stereocenters. The van der Waals surface area contributed by atoms with Crippen LogP contribution >= 0.6 is 0 Å². The smallest absolute Gasteiger partial charge is 0.229 e. The van der Waals surface area contributed by atoms with Gasteiger partial charge < -0.3 is 9.42 Å². The molecular weight excluding hydrogens is 278 g/mol. The first-order valence-corrected chi connectivity index (χ1v) is 8.46. The Morgan fingerprint density at radius 2 is 2.27 bits per heavy atom. The molecule has 0 radical (unpaired) electrons. The second-order valence-corrected chi connectivity index (χ2v) is 6.68. The summed E-state index contributed by atoms with van der Waals surface area (Å²) >= 11 is 0. The molecule has 0 bridgehead atoms. The van der Waals surface area contributed by atoms with Gasteiger partial charge in [0.1, 0.15) is 0 Å². The topological polar surface area (TPSA) is 59.2 Å². The van der Waals surface area contributed by atoms with Crippen molar-refractivity contribution in [2.45, 2.75) is 70.8 Å². The van der Waals surface area contributed by atoms with E-state index in [2.05, 4.69) is 16.2 Å². The average Bonchev–Trinajstić information content (AvgIpc) is 3.17. The third-order valence-electron chi connectivity index (χ3n) is 4.59. The molecule has 0 spiro atoms. The molecule has 5 heteroatoms. The van der Waals surface area contributed by atoms with Crippen molar-refractivity contribution in [1.29, 1.82) is 0 Å². The lowest BCUT2D eigenvalue weighted by Crippen LogP contribution is -2.31. The lowest BCUT2D eigenvalue weighted by atomic mass is 9.97. The van der Waals surface area contributed by atoms with Gasteiger partial charge in [0.05, 0.1) is 6.04 Å². The van der Waals surface area contributed by atoms with E-state index in [1.807, 2.05) is 18.7 Å². The molecule has 1 saturated heterocycles. The van der Waals surface area contributed by atoms with E-state index in [1.54, 1.807) is 0 Å². The zero-order valence-electron chi connectivity index (χ0n) is 13.5. The second kappa shape index (κ2) is 6.63. The highest BCUT2D eigenvalue weighted by atomic mass is 16.5. The van der Waals surface area contributed by atoms with Gasteiger partial charge in [-0.15, -0.1) is 0 Å². The zero-order valence-corrected chi connectivity index (χ0v) is 13.5. The maximum absolute atomic E-state index is 12.6. The largest absolute Gasteiger partial charge is 0.339 e. The maximum atomic E-state index is 12.6. The van der Waals surface area contributed by atoms with Gasteiger partial charge in [0.15, 0.2) is 5.82 Å². The minimum Gasteiger partial charge on any atom is -0.339 e. The molecule has 22 heavy (non-hydrogen) atoms. The van der Waals surface area contributed by atoms with E-state index in [0.717, 1.165) is 32.2 Å². The molecule has 2 heterocycles. The van der Waals surface area contributed by atoms with Crippen molar-refractivity contribution in [2.75, 3.05) is 6.54 Å². The summed E-state index contributed by atoms with van der Waals surface area (Å²) in [5, 5.41) is 4.10. The van der Waals surface area contributed by atoms with E-state index in [-0.39, 0.29) is 17.9 Å². The highest BCUT2D eigenvalue weighted by molar-refractivity contribution is 5.79. The average molecular weight is 303 g/mol. The predicted octanol–water partition coefficient (Wildman–Crippen LogP) is 3.75. The number of carbonyl (C=O) groups is 1. The molecule has 3 rings (SSSR count). The van der Waals surface area contributed by atoms with Gasteiger partial charge in [-0.25, -0.2) is 0 Å². The van der Waals surface area contributed by atoms with E-state index in [4.69, 9.17) is 4.52 Å². The number of carbonyl (C=O) groups excluding carboxylic acids is 1. The van der Waals surface area contributed by atoms with Gasteiger partial charge in [0, 0.05) is 18.9 Å². The molecule has 0 saturated carbocycles. The third kappa shape index (κ3) is 3.23. The fourth-order valence-electron chi connectivity index (χ4n) is 3.31. The minimum absolute atomic E-state index is 0.00654. The van der Waals surface area contributed by atoms with Gasteiger partial charge in [-0.05, 0) is 38.5 Å². The lowest BCUT2D eigenvalue weighted by Gasteiger charge is -2.23. The third-order valence-corrected chi connectivity index (χ3v) is 4.59. The quantitative estimate of drug-likeness (QED) is 0.795. The Morgan fingerprint density at radius 1 is 1.41 bits per heavy atom. The van der Waals surface area contributed by atoms with Crippen molar-refractivity contribution in [3.05, 3.63) is 23.4 Å². The van der Waals surface area contributed by atoms with Gasteiger partial charge in [-0.1, -0.05) is 30.7 Å². The second-order valence-electron chi connectivity index (χ2n) is 6.68. The van der Waals surface area contributed by atoms with Crippen LogP contribution in [0.1, 0.15) is 82.5 Å². The Bertz CT molecular complexity index is 562. The Kier molecular flexibility index (Phi) is 4.60. The molecule has 0 aromatic carbocycles. The van der Waals surface area contributed by atoms with Gasteiger partial charge in [-0.2, -0.15) is 4.98 Å². The van der Waals surface area contributed by atoms with Crippen molar-refractivity contribution in [2.24, 2.45) is 0 Å². The first-order valence-electron chi connectivity index (χ1n) is 8.46. The Morgan fingerprint density at radius 3 is 2.95 bits per heavy atom. The molecule has 1 aromatic heterocycles. The fourth-order valence-corrected chi connectivity index (χ4v) is 3.31. The first-order chi connectivity index (χ1) is 10.6. The summed E-state index contributed by atoms with van der Waals surface area (Å²) < 4.78 is 5.31. The zero-order chi connectivity index (χ0) is 15.5. The van der Waals surface area contributed by atoms with Crippen LogP contribution in [-0.4, -0.2) is 27.5 Å². The fraction of sp³-hybridized carbons (Fsp3) is 0.706. The summed E-state index contributed by atoms with van der Waals surface area (Å²) in [4.78, 5) is 19.1. The number of rotatable bonds is 4. The van der Waals surface area contributed by atoms with Crippen molar-refractivity contribution in [1.82, 2.24) is 15.0 Å². The van der Waals surface area contributed by atoms with E-state index in [0.29, 0.717) is 18.1 Å². The maximum Gasteiger partial charge on any atom is 0.229 e. The highest BCUT2D eigenvalue weighted by Crippen LogP contribution is 2.32. The molecule has 5 nitrogen and oxygen atoms in total. The number of allylic oxidation sites excluding steroid dienone is 1. The summed E-state index contributed by atoms with van der Waals surface area (Å²) in [6.07, 6.45) is 9.42. The van der Waals surface area contributed by atoms with Crippen LogP contribution in [0.25, 0.3) is 0 Å². The van der Waals surface area contributed by atoms with Crippen LogP contribution in [0.5, 0.6) is 0 Å². The summed E-state index contributed by atoms with van der Waals surface area (Å²) in [5.74, 6) is 1.77. The Labute approximate surface area is 131 Å². The van der Waals surface area contributed by atoms with Crippen LogP contribution in [0.2, 0.25) is 0 Å². The molecule has 1 fully saturated rings. The standard InChI is InChI=1S/C17H25N3O2/c1-12(2)17-18-16(19-22-17)14-9-6-10-20(14)15(21)11-13-7-4-3-5-8-13/h7,12,14H,3-6,8-11H2,1-2H3/t14-/m1/s1. The SMILES string of the molecule is CC(C)c1nc([C@H]2CCCN2C(=O)CC2=CCCCC2)no1. The molecule has 1 aromatic rings. The van der Waals surface area contributed by atoms with Crippen LogP contribution < -0.4 is 0 Å². The predicted molar refractivity (Wildman–Crippen MR) is 83.2 cm³/mol. The highest BCUT2D eigenvalue weighted by Gasteiger charge is 2.33. The molecule has 1 amide bonds. The number of aromatic nitrogens is 2. The molecule has 120 valence electrons. The Hall–Kier alpha value is -1.65. The summed E-state index contributed by atoms with van der Waals surface area (Å²) in [6, 6.07) is -0.00654. The number of nitrogens with zero attached hydrogens (tertiary/aromatic N) is 3. The molecular formula is C17H25N3O2. The van der Waals surface area contributed by atoms with E-state index < -0.39 is 0 Å². The molecule has 1 aliphatic heterocycles. The van der Waals surface area contributed by atoms with Gasteiger partial charge in [0.2, 0.25) is 11.8 Å². The van der Waals surface area contributed by atoms with E-state index in [9.17, 15) is 4.79 Å². The van der Waals surface area contributed by atoms with Crippen LogP contribution in [0.3, 0.4) is 0 Å². The van der Waals surface area contributed by atoms with Crippen LogP contribution in [0.4, 0.5) is 0 Å². The first kappa shape index (κ1) is 15.3. The van der Waals surface area contributed by atoms with Crippen LogP contribution in [0.15, 0.2) is 16.2 Å². The molecule has 0 unspecified atom stereocenters. The van der Waals surface area contributed by atoms with Gasteiger partial charge in [-0.3, -0.25) is 4.79 Å². The van der Waals surface area contributed by atoms with Crippen LogP contribution in [0, 0.1) is 0 Å². The molecule has 1 aliphatic carbocycles. The van der Waals surface area contributed by atoms with Crippen molar-refractivity contribution in [3.63, 3.8) is 0 Å². The molecule has 2 aliphatic rings. The summed E-state index contributed by atoms with van der Waals surface area (Å²) in [6.45, 7) is 4.87.